The first-order chi connectivity index (χ1) is 3.80. The molecule has 1 heterocycles. The summed E-state index contributed by atoms with van der Waals surface area (Å²) in [5.41, 5.74) is 0.801. The fraction of sp³-hybridized carbons (Fsp3) is 0.143. The van der Waals surface area contributed by atoms with Gasteiger partial charge in [0.1, 0.15) is 0 Å². The maximum absolute atomic E-state index is 5.44. The summed E-state index contributed by atoms with van der Waals surface area (Å²) >= 11 is 0. The van der Waals surface area contributed by atoms with Crippen LogP contribution in [0.3, 0.4) is 0 Å². The number of aromatic nitrogens is 1. The third-order valence-electron chi connectivity index (χ3n) is 1.01. The molecule has 0 aliphatic carbocycles. The van der Waals surface area contributed by atoms with Gasteiger partial charge in [0.2, 0.25) is 0 Å². The van der Waals surface area contributed by atoms with E-state index in [0.29, 0.717) is 0 Å². The minimum atomic E-state index is 0. The van der Waals surface area contributed by atoms with Crippen molar-refractivity contribution in [1.82, 2.24) is 4.57 Å². The molecule has 0 saturated carbocycles. The van der Waals surface area contributed by atoms with Gasteiger partial charge < -0.3 is 11.1 Å². The van der Waals surface area contributed by atoms with Crippen molar-refractivity contribution in [3.8, 4) is 0 Å². The predicted molar refractivity (Wildman–Crippen MR) is 34.1 cm³/mol. The Bertz CT molecular complexity index is 177. The molecule has 0 radical (unpaired) electrons. The van der Waals surface area contributed by atoms with Crippen LogP contribution < -0.4 is 51.4 Å². The molecular formula is C7H8KN. The Morgan fingerprint density at radius 3 is 2.00 bits per heavy atom. The summed E-state index contributed by atoms with van der Waals surface area (Å²) in [5.74, 6) is 0. The summed E-state index contributed by atoms with van der Waals surface area (Å²) < 4.78 is 1.86. The van der Waals surface area contributed by atoms with Crippen LogP contribution in [0.4, 0.5) is 0 Å². The van der Waals surface area contributed by atoms with E-state index in [1.54, 1.807) is 0 Å². The van der Waals surface area contributed by atoms with E-state index in [1.165, 1.54) is 0 Å². The Morgan fingerprint density at radius 1 is 1.33 bits per heavy atom. The SMILES string of the molecule is [CH-]=C(C)n1cccc1.[K+]. The summed E-state index contributed by atoms with van der Waals surface area (Å²) in [4.78, 5) is 0. The monoisotopic (exact) mass is 145 g/mol. The summed E-state index contributed by atoms with van der Waals surface area (Å²) in [6.07, 6.45) is 3.82. The van der Waals surface area contributed by atoms with Crippen molar-refractivity contribution in [3.05, 3.63) is 31.1 Å². The van der Waals surface area contributed by atoms with Gasteiger partial charge in [-0.05, 0) is 12.1 Å². The van der Waals surface area contributed by atoms with Crippen LogP contribution >= 0.6 is 0 Å². The molecule has 0 unspecified atom stereocenters. The molecule has 0 aliphatic heterocycles. The molecular weight excluding hydrogens is 137 g/mol. The quantitative estimate of drug-likeness (QED) is 0.345. The van der Waals surface area contributed by atoms with Gasteiger partial charge in [0.15, 0.2) is 0 Å². The third-order valence-corrected chi connectivity index (χ3v) is 1.01. The molecule has 42 valence electrons. The molecule has 1 aromatic heterocycles. The van der Waals surface area contributed by atoms with E-state index in [1.807, 2.05) is 36.0 Å². The Morgan fingerprint density at radius 2 is 1.78 bits per heavy atom. The van der Waals surface area contributed by atoms with Gasteiger partial charge in [-0.25, -0.2) is 0 Å². The zero-order valence-electron chi connectivity index (χ0n) is 5.83. The van der Waals surface area contributed by atoms with E-state index in [2.05, 4.69) is 0 Å². The molecule has 2 heteroatoms. The normalized spacial score (nSPS) is 8.11. The van der Waals surface area contributed by atoms with E-state index in [-0.39, 0.29) is 51.4 Å². The molecule has 0 amide bonds. The first-order valence-electron chi connectivity index (χ1n) is 2.53. The predicted octanol–water partition coefficient (Wildman–Crippen LogP) is -1.21. The molecule has 1 aromatic rings. The van der Waals surface area contributed by atoms with Crippen molar-refractivity contribution < 1.29 is 51.4 Å². The Hall–Kier alpha value is 0.656. The molecule has 0 aliphatic rings. The maximum Gasteiger partial charge on any atom is 1.00 e. The van der Waals surface area contributed by atoms with Crippen molar-refractivity contribution in [2.45, 2.75) is 6.92 Å². The largest absolute Gasteiger partial charge is 1.00 e. The molecule has 1 nitrogen and oxygen atoms in total. The molecule has 0 bridgehead atoms. The molecule has 0 atom stereocenters. The van der Waals surface area contributed by atoms with Crippen LogP contribution in [0, 0.1) is 6.58 Å². The first kappa shape index (κ1) is 9.66. The molecule has 0 saturated heterocycles. The summed E-state index contributed by atoms with van der Waals surface area (Å²) in [7, 11) is 0. The molecule has 0 fully saturated rings. The first-order valence-corrected chi connectivity index (χ1v) is 2.53. The van der Waals surface area contributed by atoms with E-state index in [4.69, 9.17) is 6.58 Å². The van der Waals surface area contributed by atoms with Gasteiger partial charge in [-0.3, -0.25) is 0 Å². The summed E-state index contributed by atoms with van der Waals surface area (Å²) in [5, 5.41) is 0. The van der Waals surface area contributed by atoms with Crippen molar-refractivity contribution in [2.75, 3.05) is 0 Å². The van der Waals surface area contributed by atoms with Gasteiger partial charge in [0.05, 0.1) is 0 Å². The van der Waals surface area contributed by atoms with Crippen LogP contribution in [-0.2, 0) is 0 Å². The van der Waals surface area contributed by atoms with Gasteiger partial charge in [0.25, 0.3) is 0 Å². The Balaban J connectivity index is 0.000000640. The maximum atomic E-state index is 5.44. The van der Waals surface area contributed by atoms with Crippen molar-refractivity contribution >= 4 is 5.70 Å². The third kappa shape index (κ3) is 2.82. The standard InChI is InChI=1S/C7H8N.K/c1-7(2)8-5-3-4-6-8;/h1,3-6H,2H3;/q-1;+1. The minimum absolute atomic E-state index is 0. The van der Waals surface area contributed by atoms with Gasteiger partial charge in [0, 0.05) is 12.4 Å². The van der Waals surface area contributed by atoms with Crippen molar-refractivity contribution in [3.63, 3.8) is 0 Å². The Labute approximate surface area is 98.2 Å². The van der Waals surface area contributed by atoms with Gasteiger partial charge in [-0.15, -0.1) is 0 Å². The van der Waals surface area contributed by atoms with Gasteiger partial charge >= 0.3 is 51.4 Å². The molecule has 0 spiro atoms. The minimum Gasteiger partial charge on any atom is -0.493 e. The molecule has 0 aromatic carbocycles. The van der Waals surface area contributed by atoms with E-state index in [9.17, 15) is 0 Å². The second-order valence-corrected chi connectivity index (χ2v) is 1.73. The fourth-order valence-corrected chi connectivity index (χ4v) is 0.570. The smallest absolute Gasteiger partial charge is 0.493 e. The molecule has 1 rings (SSSR count). The van der Waals surface area contributed by atoms with E-state index < -0.39 is 0 Å². The Kier molecular flexibility index (Phi) is 4.79. The zero-order chi connectivity index (χ0) is 5.98. The number of rotatable bonds is 1. The average molecular weight is 145 g/mol. The van der Waals surface area contributed by atoms with Crippen LogP contribution in [0.2, 0.25) is 0 Å². The van der Waals surface area contributed by atoms with Crippen LogP contribution in [0.15, 0.2) is 24.5 Å². The van der Waals surface area contributed by atoms with Crippen LogP contribution in [0.1, 0.15) is 6.92 Å². The number of nitrogens with zero attached hydrogens (tertiary/aromatic N) is 1. The second kappa shape index (κ2) is 4.47. The number of hydrogen-bond acceptors (Lipinski definition) is 0. The van der Waals surface area contributed by atoms with Gasteiger partial charge in [-0.1, -0.05) is 6.92 Å². The molecule has 9 heavy (non-hydrogen) atoms. The van der Waals surface area contributed by atoms with Crippen LogP contribution in [0.25, 0.3) is 5.70 Å². The van der Waals surface area contributed by atoms with Crippen LogP contribution in [-0.4, -0.2) is 4.57 Å². The van der Waals surface area contributed by atoms with Crippen molar-refractivity contribution in [1.29, 1.82) is 0 Å². The molecule has 0 N–H and O–H groups in total. The van der Waals surface area contributed by atoms with Crippen molar-refractivity contribution in [2.24, 2.45) is 0 Å². The average Bonchev–Trinajstić information content (AvgIpc) is 2.12. The van der Waals surface area contributed by atoms with E-state index >= 15 is 0 Å². The van der Waals surface area contributed by atoms with E-state index in [0.717, 1.165) is 5.70 Å². The topological polar surface area (TPSA) is 4.93 Å². The summed E-state index contributed by atoms with van der Waals surface area (Å²) in [6.45, 7) is 7.30. The zero-order valence-corrected chi connectivity index (χ0v) is 8.96. The fourth-order valence-electron chi connectivity index (χ4n) is 0.570. The van der Waals surface area contributed by atoms with Crippen LogP contribution in [0.5, 0.6) is 0 Å². The summed E-state index contributed by atoms with van der Waals surface area (Å²) in [6, 6.07) is 3.88. The number of hydrogen-bond donors (Lipinski definition) is 0. The second-order valence-electron chi connectivity index (χ2n) is 1.73. The number of allylic oxidation sites excluding steroid dienone is 1. The van der Waals surface area contributed by atoms with Gasteiger partial charge in [-0.2, -0.15) is 5.70 Å².